The topological polar surface area (TPSA) is 46.5 Å². The fourth-order valence-electron chi connectivity index (χ4n) is 2.22. The first-order valence-electron chi connectivity index (χ1n) is 7.95. The first kappa shape index (κ1) is 18.4. The quantitative estimate of drug-likeness (QED) is 0.403. The molecule has 0 aromatic rings. The summed E-state index contributed by atoms with van der Waals surface area (Å²) in [5, 5.41) is 9.69. The van der Waals surface area contributed by atoms with Gasteiger partial charge < -0.3 is 9.84 Å². The molecule has 114 valence electrons. The number of unbranched alkanes of at least 4 members (excludes halogenated alkanes) is 8. The van der Waals surface area contributed by atoms with Gasteiger partial charge in [0.15, 0.2) is 0 Å². The largest absolute Gasteiger partial charge is 0.469 e. The third-order valence-corrected chi connectivity index (χ3v) is 3.55. The Kier molecular flexibility index (Phi) is 13.4. The molecule has 0 saturated carbocycles. The lowest BCUT2D eigenvalue weighted by Crippen LogP contribution is -2.10. The fourth-order valence-corrected chi connectivity index (χ4v) is 2.22. The number of hydrogen-bond acceptors (Lipinski definition) is 3. The second-order valence-corrected chi connectivity index (χ2v) is 5.39. The summed E-state index contributed by atoms with van der Waals surface area (Å²) in [4.78, 5) is 10.9. The summed E-state index contributed by atoms with van der Waals surface area (Å²) in [6.45, 7) is 2.24. The van der Waals surface area contributed by atoms with E-state index < -0.39 is 0 Å². The van der Waals surface area contributed by atoms with E-state index in [2.05, 4.69) is 11.7 Å². The number of rotatable bonds is 13. The zero-order chi connectivity index (χ0) is 14.3. The summed E-state index contributed by atoms with van der Waals surface area (Å²) < 4.78 is 4.55. The van der Waals surface area contributed by atoms with E-state index >= 15 is 0 Å². The van der Waals surface area contributed by atoms with Crippen molar-refractivity contribution in [3.8, 4) is 0 Å². The summed E-state index contributed by atoms with van der Waals surface area (Å²) in [5.74, 6) is -0.230. The number of carbonyl (C=O) groups excluding carboxylic acids is 1. The highest BCUT2D eigenvalue weighted by Gasteiger charge is 2.07. The van der Waals surface area contributed by atoms with E-state index in [1.807, 2.05) is 0 Å². The molecular weight excluding hydrogens is 240 g/mol. The molecule has 1 atom stereocenters. The monoisotopic (exact) mass is 272 g/mol. The number of methoxy groups -OCH3 is 1. The van der Waals surface area contributed by atoms with Gasteiger partial charge >= 0.3 is 5.97 Å². The molecule has 0 amide bonds. The van der Waals surface area contributed by atoms with Crippen LogP contribution in [-0.4, -0.2) is 24.3 Å². The highest BCUT2D eigenvalue weighted by molar-refractivity contribution is 5.69. The Hall–Kier alpha value is -0.570. The lowest BCUT2D eigenvalue weighted by Gasteiger charge is -2.09. The number of hydrogen-bond donors (Lipinski definition) is 1. The first-order valence-corrected chi connectivity index (χ1v) is 7.95. The van der Waals surface area contributed by atoms with E-state index in [-0.39, 0.29) is 12.1 Å². The van der Waals surface area contributed by atoms with Crippen LogP contribution in [0.15, 0.2) is 0 Å². The SMILES string of the molecule is CCCCCCCCCCC[C@@H](O)CCC(=O)OC. The standard InChI is InChI=1S/C16H32O3/c1-3-4-5-6-7-8-9-10-11-12-15(17)13-14-16(18)19-2/h15,17H,3-14H2,1-2H3/t15-/m1/s1. The number of esters is 1. The molecule has 0 aromatic carbocycles. The van der Waals surface area contributed by atoms with Crippen molar-refractivity contribution in [3.05, 3.63) is 0 Å². The van der Waals surface area contributed by atoms with Crippen LogP contribution in [0.1, 0.15) is 84.0 Å². The van der Waals surface area contributed by atoms with Crippen molar-refractivity contribution < 1.29 is 14.6 Å². The molecule has 0 aliphatic rings. The van der Waals surface area contributed by atoms with Crippen molar-refractivity contribution in [1.29, 1.82) is 0 Å². The molecule has 0 spiro atoms. The summed E-state index contributed by atoms with van der Waals surface area (Å²) in [7, 11) is 1.38. The van der Waals surface area contributed by atoms with Crippen LogP contribution in [0.25, 0.3) is 0 Å². The van der Waals surface area contributed by atoms with Crippen LogP contribution >= 0.6 is 0 Å². The zero-order valence-electron chi connectivity index (χ0n) is 12.8. The van der Waals surface area contributed by atoms with Gasteiger partial charge in [-0.05, 0) is 12.8 Å². The fraction of sp³-hybridized carbons (Fsp3) is 0.938. The molecule has 0 unspecified atom stereocenters. The minimum Gasteiger partial charge on any atom is -0.469 e. The Morgan fingerprint density at radius 2 is 1.47 bits per heavy atom. The van der Waals surface area contributed by atoms with Crippen LogP contribution in [0.4, 0.5) is 0 Å². The third kappa shape index (κ3) is 13.7. The van der Waals surface area contributed by atoms with Gasteiger partial charge in [0, 0.05) is 6.42 Å². The highest BCUT2D eigenvalue weighted by atomic mass is 16.5. The van der Waals surface area contributed by atoms with Crippen LogP contribution < -0.4 is 0 Å². The van der Waals surface area contributed by atoms with E-state index in [1.54, 1.807) is 0 Å². The van der Waals surface area contributed by atoms with Gasteiger partial charge in [0.2, 0.25) is 0 Å². The molecule has 19 heavy (non-hydrogen) atoms. The average molecular weight is 272 g/mol. The van der Waals surface area contributed by atoms with Gasteiger partial charge in [0.1, 0.15) is 0 Å². The summed E-state index contributed by atoms with van der Waals surface area (Å²) in [6.07, 6.45) is 13.0. The number of ether oxygens (including phenoxy) is 1. The molecule has 0 aromatic heterocycles. The summed E-state index contributed by atoms with van der Waals surface area (Å²) in [6, 6.07) is 0. The maximum atomic E-state index is 10.9. The van der Waals surface area contributed by atoms with Crippen LogP contribution in [0.2, 0.25) is 0 Å². The van der Waals surface area contributed by atoms with Gasteiger partial charge in [-0.15, -0.1) is 0 Å². The molecule has 0 fully saturated rings. The Bertz CT molecular complexity index is 204. The van der Waals surface area contributed by atoms with E-state index in [0.717, 1.165) is 12.8 Å². The van der Waals surface area contributed by atoms with Crippen LogP contribution in [-0.2, 0) is 9.53 Å². The smallest absolute Gasteiger partial charge is 0.305 e. The molecule has 0 heterocycles. The molecule has 0 bridgehead atoms. The number of carbonyl (C=O) groups is 1. The zero-order valence-corrected chi connectivity index (χ0v) is 12.8. The molecule has 3 heteroatoms. The van der Waals surface area contributed by atoms with Crippen molar-refractivity contribution in [2.45, 2.75) is 90.1 Å². The highest BCUT2D eigenvalue weighted by Crippen LogP contribution is 2.13. The van der Waals surface area contributed by atoms with Gasteiger partial charge in [-0.1, -0.05) is 64.7 Å². The van der Waals surface area contributed by atoms with Gasteiger partial charge in [-0.3, -0.25) is 4.79 Å². The minimum absolute atomic E-state index is 0.230. The predicted molar refractivity (Wildman–Crippen MR) is 79.1 cm³/mol. The van der Waals surface area contributed by atoms with Crippen molar-refractivity contribution in [1.82, 2.24) is 0 Å². The molecular formula is C16H32O3. The predicted octanol–water partition coefficient (Wildman–Crippen LogP) is 4.22. The van der Waals surface area contributed by atoms with E-state index in [9.17, 15) is 9.90 Å². The van der Waals surface area contributed by atoms with Crippen molar-refractivity contribution in [2.24, 2.45) is 0 Å². The number of aliphatic hydroxyl groups excluding tert-OH is 1. The minimum atomic E-state index is -0.344. The Balaban J connectivity index is 3.18. The van der Waals surface area contributed by atoms with Crippen molar-refractivity contribution in [3.63, 3.8) is 0 Å². The molecule has 0 rings (SSSR count). The van der Waals surface area contributed by atoms with Gasteiger partial charge in [-0.2, -0.15) is 0 Å². The third-order valence-electron chi connectivity index (χ3n) is 3.55. The van der Waals surface area contributed by atoms with E-state index in [0.29, 0.717) is 12.8 Å². The van der Waals surface area contributed by atoms with Crippen molar-refractivity contribution >= 4 is 5.97 Å². The second-order valence-electron chi connectivity index (χ2n) is 5.39. The van der Waals surface area contributed by atoms with Gasteiger partial charge in [0.25, 0.3) is 0 Å². The summed E-state index contributed by atoms with van der Waals surface area (Å²) >= 11 is 0. The lowest BCUT2D eigenvalue weighted by atomic mass is 10.0. The molecule has 0 radical (unpaired) electrons. The maximum absolute atomic E-state index is 10.9. The maximum Gasteiger partial charge on any atom is 0.305 e. The Morgan fingerprint density at radius 3 is 2.00 bits per heavy atom. The normalized spacial score (nSPS) is 12.4. The van der Waals surface area contributed by atoms with Crippen LogP contribution in [0.5, 0.6) is 0 Å². The van der Waals surface area contributed by atoms with Crippen molar-refractivity contribution in [2.75, 3.05) is 7.11 Å². The Labute approximate surface area is 118 Å². The van der Waals surface area contributed by atoms with Gasteiger partial charge in [-0.25, -0.2) is 0 Å². The van der Waals surface area contributed by atoms with Crippen LogP contribution in [0, 0.1) is 0 Å². The average Bonchev–Trinajstić information content (AvgIpc) is 2.42. The number of aliphatic hydroxyl groups is 1. The molecule has 1 N–H and O–H groups in total. The van der Waals surface area contributed by atoms with Gasteiger partial charge in [0.05, 0.1) is 13.2 Å². The second kappa shape index (κ2) is 13.9. The molecule has 0 aliphatic heterocycles. The molecule has 0 aliphatic carbocycles. The first-order chi connectivity index (χ1) is 9.20. The lowest BCUT2D eigenvalue weighted by molar-refractivity contribution is -0.141. The summed E-state index contributed by atoms with van der Waals surface area (Å²) in [5.41, 5.74) is 0. The van der Waals surface area contributed by atoms with Crippen LogP contribution in [0.3, 0.4) is 0 Å². The molecule has 0 saturated heterocycles. The van der Waals surface area contributed by atoms with E-state index in [1.165, 1.54) is 58.5 Å². The van der Waals surface area contributed by atoms with E-state index in [4.69, 9.17) is 0 Å². The molecule has 3 nitrogen and oxygen atoms in total. The Morgan fingerprint density at radius 1 is 0.947 bits per heavy atom.